The lowest BCUT2D eigenvalue weighted by atomic mass is 9.90. The number of aromatic nitrogens is 2. The van der Waals surface area contributed by atoms with Gasteiger partial charge in [0, 0.05) is 23.5 Å². The highest BCUT2D eigenvalue weighted by Crippen LogP contribution is 2.41. The molecule has 0 aromatic carbocycles. The van der Waals surface area contributed by atoms with E-state index in [0.717, 1.165) is 36.7 Å². The molecule has 0 radical (unpaired) electrons. The standard InChI is InChI=1S/C18H25N5S/c1-4-18(5-2-10-23(18)9-1)6-8-20-16-15-13-3-7-19-11-14(13)24-17(15)22-12-21-16/h12,19H,1-11H2,(H,20,21,22). The molecule has 0 spiro atoms. The van der Waals surface area contributed by atoms with Gasteiger partial charge >= 0.3 is 0 Å². The van der Waals surface area contributed by atoms with Crippen LogP contribution < -0.4 is 10.6 Å². The zero-order valence-corrected chi connectivity index (χ0v) is 14.9. The first-order valence-electron chi connectivity index (χ1n) is 9.31. The van der Waals surface area contributed by atoms with Gasteiger partial charge in [0.2, 0.25) is 0 Å². The van der Waals surface area contributed by atoms with E-state index in [-0.39, 0.29) is 0 Å². The van der Waals surface area contributed by atoms with Crippen molar-refractivity contribution >= 4 is 27.4 Å². The third-order valence-corrected chi connectivity index (χ3v) is 7.34. The summed E-state index contributed by atoms with van der Waals surface area (Å²) in [7, 11) is 0. The van der Waals surface area contributed by atoms with Crippen molar-refractivity contribution in [1.82, 2.24) is 20.2 Å². The summed E-state index contributed by atoms with van der Waals surface area (Å²) in [5, 5.41) is 8.41. The fraction of sp³-hybridized carbons (Fsp3) is 0.667. The van der Waals surface area contributed by atoms with Gasteiger partial charge in [0.05, 0.1) is 5.39 Å². The number of anilines is 1. The molecule has 0 bridgehead atoms. The van der Waals surface area contributed by atoms with Crippen LogP contribution in [-0.2, 0) is 13.0 Å². The minimum atomic E-state index is 0.483. The third-order valence-electron chi connectivity index (χ3n) is 6.20. The van der Waals surface area contributed by atoms with Crippen molar-refractivity contribution in [3.05, 3.63) is 16.8 Å². The highest BCUT2D eigenvalue weighted by atomic mass is 32.1. The second-order valence-electron chi connectivity index (χ2n) is 7.43. The predicted octanol–water partition coefficient (Wildman–Crippen LogP) is 2.77. The highest BCUT2D eigenvalue weighted by Gasteiger charge is 2.43. The van der Waals surface area contributed by atoms with Crippen LogP contribution in [0.4, 0.5) is 5.82 Å². The van der Waals surface area contributed by atoms with E-state index in [2.05, 4.69) is 25.5 Å². The minimum Gasteiger partial charge on any atom is -0.369 e. The van der Waals surface area contributed by atoms with Crippen molar-refractivity contribution < 1.29 is 0 Å². The van der Waals surface area contributed by atoms with Crippen LogP contribution in [0.25, 0.3) is 10.2 Å². The fourth-order valence-electron chi connectivity index (χ4n) is 5.04. The lowest BCUT2D eigenvalue weighted by molar-refractivity contribution is 0.187. The van der Waals surface area contributed by atoms with E-state index in [9.17, 15) is 0 Å². The smallest absolute Gasteiger partial charge is 0.138 e. The summed E-state index contributed by atoms with van der Waals surface area (Å²) in [4.78, 5) is 14.4. The van der Waals surface area contributed by atoms with Crippen LogP contribution >= 0.6 is 11.3 Å². The normalized spacial score (nSPS) is 22.7. The molecule has 0 atom stereocenters. The summed E-state index contributed by atoms with van der Waals surface area (Å²) in [6.07, 6.45) is 9.57. The van der Waals surface area contributed by atoms with E-state index in [0.29, 0.717) is 5.54 Å². The van der Waals surface area contributed by atoms with Crippen LogP contribution in [0.5, 0.6) is 0 Å². The molecule has 2 fully saturated rings. The molecular formula is C18H25N5S. The Bertz CT molecular complexity index is 745. The molecule has 24 heavy (non-hydrogen) atoms. The average Bonchev–Trinajstić information content (AvgIpc) is 3.26. The predicted molar refractivity (Wildman–Crippen MR) is 98.7 cm³/mol. The molecule has 3 aliphatic rings. The maximum Gasteiger partial charge on any atom is 0.138 e. The largest absolute Gasteiger partial charge is 0.369 e. The van der Waals surface area contributed by atoms with Gasteiger partial charge in [-0.25, -0.2) is 9.97 Å². The number of fused-ring (bicyclic) bond motifs is 4. The van der Waals surface area contributed by atoms with Gasteiger partial charge in [0.25, 0.3) is 0 Å². The molecule has 128 valence electrons. The Hall–Kier alpha value is -1.24. The molecule has 3 aliphatic heterocycles. The van der Waals surface area contributed by atoms with Gasteiger partial charge < -0.3 is 10.6 Å². The third kappa shape index (κ3) is 2.35. The Labute approximate surface area is 146 Å². The van der Waals surface area contributed by atoms with Gasteiger partial charge in [-0.05, 0) is 63.7 Å². The summed E-state index contributed by atoms with van der Waals surface area (Å²) >= 11 is 1.82. The Balaban J connectivity index is 1.37. The first-order valence-corrected chi connectivity index (χ1v) is 10.1. The summed E-state index contributed by atoms with van der Waals surface area (Å²) in [5.41, 5.74) is 1.95. The van der Waals surface area contributed by atoms with E-state index < -0.39 is 0 Å². The van der Waals surface area contributed by atoms with Crippen molar-refractivity contribution in [2.45, 2.75) is 50.6 Å². The average molecular weight is 344 g/mol. The van der Waals surface area contributed by atoms with Crippen molar-refractivity contribution in [3.63, 3.8) is 0 Å². The first-order chi connectivity index (χ1) is 11.9. The zero-order chi connectivity index (χ0) is 16.0. The fourth-order valence-corrected chi connectivity index (χ4v) is 6.20. The number of hydrogen-bond acceptors (Lipinski definition) is 6. The monoisotopic (exact) mass is 343 g/mol. The molecule has 5 nitrogen and oxygen atoms in total. The summed E-state index contributed by atoms with van der Waals surface area (Å²) in [5.74, 6) is 1.05. The van der Waals surface area contributed by atoms with Crippen molar-refractivity contribution in [2.75, 3.05) is 31.5 Å². The summed E-state index contributed by atoms with van der Waals surface area (Å²) in [6.45, 7) is 5.68. The van der Waals surface area contributed by atoms with E-state index in [4.69, 9.17) is 0 Å². The number of thiophene rings is 1. The Morgan fingerprint density at radius 3 is 3.00 bits per heavy atom. The van der Waals surface area contributed by atoms with Crippen LogP contribution in [0.2, 0.25) is 0 Å². The lowest BCUT2D eigenvalue weighted by Crippen LogP contribution is -2.39. The van der Waals surface area contributed by atoms with Gasteiger partial charge in [-0.15, -0.1) is 11.3 Å². The Kier molecular flexibility index (Phi) is 3.72. The second kappa shape index (κ2) is 5.93. The molecule has 0 aliphatic carbocycles. The molecule has 2 aromatic rings. The van der Waals surface area contributed by atoms with Crippen LogP contribution in [0.1, 0.15) is 42.5 Å². The van der Waals surface area contributed by atoms with Crippen molar-refractivity contribution in [2.24, 2.45) is 0 Å². The molecule has 6 heteroatoms. The quantitative estimate of drug-likeness (QED) is 0.894. The van der Waals surface area contributed by atoms with E-state index >= 15 is 0 Å². The summed E-state index contributed by atoms with van der Waals surface area (Å²) < 4.78 is 0. The molecule has 0 amide bonds. The van der Waals surface area contributed by atoms with Gasteiger partial charge in [0.15, 0.2) is 0 Å². The highest BCUT2D eigenvalue weighted by molar-refractivity contribution is 7.18. The van der Waals surface area contributed by atoms with Gasteiger partial charge in [-0.2, -0.15) is 0 Å². The van der Waals surface area contributed by atoms with Crippen molar-refractivity contribution in [1.29, 1.82) is 0 Å². The Morgan fingerprint density at radius 1 is 1.25 bits per heavy atom. The number of nitrogens with one attached hydrogen (secondary N) is 2. The van der Waals surface area contributed by atoms with Crippen LogP contribution in [0, 0.1) is 0 Å². The Morgan fingerprint density at radius 2 is 2.12 bits per heavy atom. The summed E-state index contributed by atoms with van der Waals surface area (Å²) in [6, 6.07) is 0. The first kappa shape index (κ1) is 15.0. The van der Waals surface area contributed by atoms with E-state index in [1.165, 1.54) is 61.0 Å². The lowest BCUT2D eigenvalue weighted by Gasteiger charge is -2.32. The van der Waals surface area contributed by atoms with E-state index in [1.54, 1.807) is 6.33 Å². The number of nitrogens with zero attached hydrogens (tertiary/aromatic N) is 3. The number of rotatable bonds is 4. The molecule has 2 N–H and O–H groups in total. The zero-order valence-electron chi connectivity index (χ0n) is 14.1. The maximum atomic E-state index is 4.58. The minimum absolute atomic E-state index is 0.483. The molecular weight excluding hydrogens is 318 g/mol. The van der Waals surface area contributed by atoms with Crippen LogP contribution in [0.3, 0.4) is 0 Å². The second-order valence-corrected chi connectivity index (χ2v) is 8.51. The topological polar surface area (TPSA) is 53.1 Å². The maximum absolute atomic E-state index is 4.58. The molecule has 0 saturated carbocycles. The molecule has 5 heterocycles. The molecule has 2 aromatic heterocycles. The van der Waals surface area contributed by atoms with Crippen LogP contribution in [-0.4, -0.2) is 46.6 Å². The van der Waals surface area contributed by atoms with Crippen molar-refractivity contribution in [3.8, 4) is 0 Å². The van der Waals surface area contributed by atoms with Gasteiger partial charge in [0.1, 0.15) is 17.0 Å². The molecule has 0 unspecified atom stereocenters. The molecule has 2 saturated heterocycles. The van der Waals surface area contributed by atoms with E-state index in [1.807, 2.05) is 11.3 Å². The van der Waals surface area contributed by atoms with Crippen LogP contribution in [0.15, 0.2) is 6.33 Å². The molecule has 5 rings (SSSR count). The van der Waals surface area contributed by atoms with Gasteiger partial charge in [-0.3, -0.25) is 4.90 Å². The SMILES string of the molecule is c1nc(NCCC23CCCN2CCC3)c2c3c(sc2n1)CNCC3. The number of hydrogen-bond donors (Lipinski definition) is 2. The van der Waals surface area contributed by atoms with Gasteiger partial charge in [-0.1, -0.05) is 0 Å².